The molecule has 1 aliphatic rings. The smallest absolute Gasteiger partial charge is 0.328 e. The van der Waals surface area contributed by atoms with Crippen molar-refractivity contribution in [3.63, 3.8) is 0 Å². The van der Waals surface area contributed by atoms with Gasteiger partial charge in [0.15, 0.2) is 11.5 Å². The Hall–Kier alpha value is -3.42. The molecule has 0 aliphatic carbocycles. The molecule has 1 heterocycles. The van der Waals surface area contributed by atoms with Gasteiger partial charge in [-0.05, 0) is 41.8 Å². The summed E-state index contributed by atoms with van der Waals surface area (Å²) < 4.78 is 26.7. The SMILES string of the molecule is COC(=O)[C@@H]1CCC(=O)N1[C@H](c1ccc(OC)cc1)c1cc(OC)c(OC)c(OC)c1. The van der Waals surface area contributed by atoms with Gasteiger partial charge in [0.05, 0.1) is 41.6 Å². The molecule has 8 nitrogen and oxygen atoms in total. The predicted molar refractivity (Wildman–Crippen MR) is 113 cm³/mol. The summed E-state index contributed by atoms with van der Waals surface area (Å²) in [6, 6.07) is 9.68. The molecule has 1 saturated heterocycles. The highest BCUT2D eigenvalue weighted by Crippen LogP contribution is 2.44. The van der Waals surface area contributed by atoms with Gasteiger partial charge in [-0.1, -0.05) is 12.1 Å². The Bertz CT molecular complexity index is 916. The van der Waals surface area contributed by atoms with Crippen LogP contribution in [0.5, 0.6) is 23.0 Å². The molecule has 1 fully saturated rings. The van der Waals surface area contributed by atoms with Crippen molar-refractivity contribution < 1.29 is 33.3 Å². The lowest BCUT2D eigenvalue weighted by Gasteiger charge is -2.33. The Labute approximate surface area is 181 Å². The molecule has 2 aromatic rings. The topological polar surface area (TPSA) is 83.5 Å². The van der Waals surface area contributed by atoms with Gasteiger partial charge in [-0.25, -0.2) is 4.79 Å². The van der Waals surface area contributed by atoms with E-state index in [-0.39, 0.29) is 12.3 Å². The second-order valence-electron chi connectivity index (χ2n) is 7.01. The van der Waals surface area contributed by atoms with Crippen LogP contribution in [0.15, 0.2) is 36.4 Å². The molecule has 1 aliphatic heterocycles. The van der Waals surface area contributed by atoms with Gasteiger partial charge in [0.2, 0.25) is 11.7 Å². The first-order valence-corrected chi connectivity index (χ1v) is 9.81. The van der Waals surface area contributed by atoms with Crippen molar-refractivity contribution in [2.45, 2.75) is 24.9 Å². The first kappa shape index (κ1) is 22.3. The van der Waals surface area contributed by atoms with Crippen LogP contribution >= 0.6 is 0 Å². The predicted octanol–water partition coefficient (Wildman–Crippen LogP) is 2.97. The zero-order chi connectivity index (χ0) is 22.5. The van der Waals surface area contributed by atoms with Crippen LogP contribution in [0.4, 0.5) is 0 Å². The number of amides is 1. The van der Waals surface area contributed by atoms with Gasteiger partial charge in [-0.3, -0.25) is 4.79 Å². The summed E-state index contributed by atoms with van der Waals surface area (Å²) in [6.07, 6.45) is 0.652. The number of hydrogen-bond donors (Lipinski definition) is 0. The molecule has 166 valence electrons. The average Bonchev–Trinajstić information content (AvgIpc) is 3.19. The van der Waals surface area contributed by atoms with Crippen molar-refractivity contribution in [2.24, 2.45) is 0 Å². The lowest BCUT2D eigenvalue weighted by Crippen LogP contribution is -2.42. The van der Waals surface area contributed by atoms with Gasteiger partial charge >= 0.3 is 5.97 Å². The summed E-state index contributed by atoms with van der Waals surface area (Å²) in [4.78, 5) is 27.0. The van der Waals surface area contributed by atoms with Crippen molar-refractivity contribution in [3.8, 4) is 23.0 Å². The second kappa shape index (κ2) is 9.59. The Morgan fingerprint density at radius 1 is 0.903 bits per heavy atom. The summed E-state index contributed by atoms with van der Waals surface area (Å²) >= 11 is 0. The third-order valence-electron chi connectivity index (χ3n) is 5.44. The van der Waals surface area contributed by atoms with Gasteiger partial charge in [0.1, 0.15) is 11.8 Å². The molecule has 0 bridgehead atoms. The molecule has 1 amide bonds. The molecule has 3 rings (SSSR count). The number of carbonyl (C=O) groups is 2. The zero-order valence-corrected chi connectivity index (χ0v) is 18.3. The van der Waals surface area contributed by atoms with Crippen LogP contribution in [0, 0.1) is 0 Å². The largest absolute Gasteiger partial charge is 0.497 e. The van der Waals surface area contributed by atoms with E-state index in [1.807, 2.05) is 24.3 Å². The number of methoxy groups -OCH3 is 5. The van der Waals surface area contributed by atoms with Gasteiger partial charge in [0.25, 0.3) is 0 Å². The third kappa shape index (κ3) is 4.23. The normalized spacial score (nSPS) is 16.6. The lowest BCUT2D eigenvalue weighted by atomic mass is 9.95. The highest BCUT2D eigenvalue weighted by atomic mass is 16.5. The van der Waals surface area contributed by atoms with E-state index >= 15 is 0 Å². The van der Waals surface area contributed by atoms with Crippen molar-refractivity contribution in [1.82, 2.24) is 4.90 Å². The number of likely N-dealkylation sites (tertiary alicyclic amines) is 1. The van der Waals surface area contributed by atoms with E-state index in [4.69, 9.17) is 23.7 Å². The third-order valence-corrected chi connectivity index (χ3v) is 5.44. The Kier molecular flexibility index (Phi) is 6.89. The van der Waals surface area contributed by atoms with Crippen molar-refractivity contribution in [1.29, 1.82) is 0 Å². The fraction of sp³-hybridized carbons (Fsp3) is 0.391. The molecule has 0 spiro atoms. The Balaban J connectivity index is 2.21. The van der Waals surface area contributed by atoms with E-state index in [1.54, 1.807) is 24.1 Å². The molecule has 0 aromatic heterocycles. The summed E-state index contributed by atoms with van der Waals surface area (Å²) in [5.74, 6) is 1.46. The quantitative estimate of drug-likeness (QED) is 0.597. The number of carbonyl (C=O) groups excluding carboxylic acids is 2. The Morgan fingerprint density at radius 3 is 2.00 bits per heavy atom. The fourth-order valence-electron chi connectivity index (χ4n) is 3.95. The highest BCUT2D eigenvalue weighted by Gasteiger charge is 2.42. The number of hydrogen-bond acceptors (Lipinski definition) is 7. The summed E-state index contributed by atoms with van der Waals surface area (Å²) in [7, 11) is 7.50. The molecule has 2 aromatic carbocycles. The number of esters is 1. The molecule has 0 saturated carbocycles. The van der Waals surface area contributed by atoms with E-state index in [1.165, 1.54) is 28.4 Å². The molecular weight excluding hydrogens is 402 g/mol. The number of nitrogens with zero attached hydrogens (tertiary/aromatic N) is 1. The summed E-state index contributed by atoms with van der Waals surface area (Å²) in [6.45, 7) is 0. The molecule has 8 heteroatoms. The molecule has 2 atom stereocenters. The fourth-order valence-corrected chi connectivity index (χ4v) is 3.95. The number of ether oxygens (including phenoxy) is 5. The number of benzene rings is 2. The van der Waals surface area contributed by atoms with Gasteiger partial charge in [-0.2, -0.15) is 0 Å². The van der Waals surface area contributed by atoms with Crippen molar-refractivity contribution in [2.75, 3.05) is 35.5 Å². The Morgan fingerprint density at radius 2 is 1.52 bits per heavy atom. The minimum atomic E-state index is -0.691. The molecule has 31 heavy (non-hydrogen) atoms. The van der Waals surface area contributed by atoms with E-state index in [2.05, 4.69) is 0 Å². The van der Waals surface area contributed by atoms with Crippen LogP contribution in [-0.2, 0) is 14.3 Å². The van der Waals surface area contributed by atoms with Crippen LogP contribution in [0.25, 0.3) is 0 Å². The minimum Gasteiger partial charge on any atom is -0.497 e. The maximum Gasteiger partial charge on any atom is 0.328 e. The summed E-state index contributed by atoms with van der Waals surface area (Å²) in [5, 5.41) is 0. The van der Waals surface area contributed by atoms with E-state index < -0.39 is 18.1 Å². The first-order valence-electron chi connectivity index (χ1n) is 9.81. The van der Waals surface area contributed by atoms with E-state index in [9.17, 15) is 9.59 Å². The second-order valence-corrected chi connectivity index (χ2v) is 7.01. The molecule has 0 N–H and O–H groups in total. The van der Waals surface area contributed by atoms with Crippen LogP contribution < -0.4 is 18.9 Å². The number of rotatable bonds is 8. The lowest BCUT2D eigenvalue weighted by molar-refractivity contribution is -0.150. The van der Waals surface area contributed by atoms with Crippen LogP contribution in [0.2, 0.25) is 0 Å². The van der Waals surface area contributed by atoms with Gasteiger partial charge < -0.3 is 28.6 Å². The zero-order valence-electron chi connectivity index (χ0n) is 18.3. The van der Waals surface area contributed by atoms with Crippen molar-refractivity contribution in [3.05, 3.63) is 47.5 Å². The summed E-state index contributed by atoms with van der Waals surface area (Å²) in [5.41, 5.74) is 1.52. The standard InChI is InChI=1S/C23H27NO7/c1-27-16-8-6-14(7-9-16)21(24-17(23(26)31-5)10-11-20(24)25)15-12-18(28-2)22(30-4)19(13-15)29-3/h6-9,12-13,17,21H,10-11H2,1-5H3/t17-,21+/m0/s1. The molecule has 0 radical (unpaired) electrons. The van der Waals surface area contributed by atoms with Gasteiger partial charge in [-0.15, -0.1) is 0 Å². The van der Waals surface area contributed by atoms with Crippen LogP contribution in [0.1, 0.15) is 30.0 Å². The van der Waals surface area contributed by atoms with E-state index in [0.29, 0.717) is 35.0 Å². The highest BCUT2D eigenvalue weighted by molar-refractivity contribution is 5.89. The molecular formula is C23H27NO7. The first-order chi connectivity index (χ1) is 15.0. The van der Waals surface area contributed by atoms with Crippen LogP contribution in [-0.4, -0.2) is 58.4 Å². The van der Waals surface area contributed by atoms with Crippen molar-refractivity contribution >= 4 is 11.9 Å². The monoisotopic (exact) mass is 429 g/mol. The molecule has 0 unspecified atom stereocenters. The average molecular weight is 429 g/mol. The van der Waals surface area contributed by atoms with E-state index in [0.717, 1.165) is 5.56 Å². The van der Waals surface area contributed by atoms with Crippen LogP contribution in [0.3, 0.4) is 0 Å². The minimum absolute atomic E-state index is 0.134. The maximum atomic E-state index is 13.0. The van der Waals surface area contributed by atoms with Gasteiger partial charge in [0, 0.05) is 6.42 Å². The maximum absolute atomic E-state index is 13.0.